The van der Waals surface area contributed by atoms with E-state index in [-0.39, 0.29) is 12.5 Å². The minimum absolute atomic E-state index is 0.208. The lowest BCUT2D eigenvalue weighted by Gasteiger charge is -2.11. The molecule has 1 aromatic heterocycles. The summed E-state index contributed by atoms with van der Waals surface area (Å²) in [6.45, 7) is 5.71. The Morgan fingerprint density at radius 3 is 2.29 bits per heavy atom. The number of carbonyl (C=O) groups excluding carboxylic acids is 2. The molecule has 2 amide bonds. The predicted octanol–water partition coefficient (Wildman–Crippen LogP) is 2.91. The molecule has 0 unspecified atom stereocenters. The third-order valence-corrected chi connectivity index (χ3v) is 4.02. The van der Waals surface area contributed by atoms with Crippen LogP contribution in [-0.2, 0) is 4.79 Å². The minimum atomic E-state index is -0.558. The molecule has 144 valence electrons. The fraction of sp³-hybridized carbons (Fsp3) is 0.190. The Morgan fingerprint density at radius 2 is 1.68 bits per heavy atom. The van der Waals surface area contributed by atoms with Crippen molar-refractivity contribution in [3.63, 3.8) is 0 Å². The first-order valence-electron chi connectivity index (χ1n) is 8.79. The number of ether oxygens (including phenoxy) is 1. The van der Waals surface area contributed by atoms with Gasteiger partial charge in [0, 0.05) is 11.6 Å². The third-order valence-electron chi connectivity index (χ3n) is 4.02. The van der Waals surface area contributed by atoms with Crippen LogP contribution in [0.15, 0.2) is 48.5 Å². The van der Waals surface area contributed by atoms with Crippen molar-refractivity contribution < 1.29 is 14.3 Å². The van der Waals surface area contributed by atoms with E-state index in [2.05, 4.69) is 16.5 Å². The summed E-state index contributed by atoms with van der Waals surface area (Å²) < 4.78 is 6.92. The molecule has 0 aliphatic carbocycles. The standard InChI is InChI=1S/C21H22N4O3/c1-13-8-14(2)10-17(9-13)25-20(11-15(3)24-25)23-21(27)16-4-6-18(7-5-16)28-12-19(22)26/h4-11H,12H2,1-3H3,(H2,22,26)(H,23,27). The van der Waals surface area contributed by atoms with Gasteiger partial charge in [0.15, 0.2) is 6.61 Å². The van der Waals surface area contributed by atoms with Crippen molar-refractivity contribution in [2.24, 2.45) is 5.73 Å². The molecule has 3 aromatic rings. The van der Waals surface area contributed by atoms with E-state index in [9.17, 15) is 9.59 Å². The molecule has 0 spiro atoms. The molecule has 0 fully saturated rings. The number of aryl methyl sites for hydroxylation is 3. The van der Waals surface area contributed by atoms with Crippen LogP contribution in [0.5, 0.6) is 5.75 Å². The van der Waals surface area contributed by atoms with Gasteiger partial charge in [0.05, 0.1) is 11.4 Å². The topological polar surface area (TPSA) is 99.2 Å². The second kappa shape index (κ2) is 7.96. The molecule has 0 aliphatic heterocycles. The largest absolute Gasteiger partial charge is 0.484 e. The van der Waals surface area contributed by atoms with Gasteiger partial charge in [-0.15, -0.1) is 0 Å². The third kappa shape index (κ3) is 4.56. The van der Waals surface area contributed by atoms with Gasteiger partial charge in [0.1, 0.15) is 11.6 Å². The number of rotatable bonds is 6. The summed E-state index contributed by atoms with van der Waals surface area (Å²) >= 11 is 0. The summed E-state index contributed by atoms with van der Waals surface area (Å²) in [5, 5.41) is 7.40. The summed E-state index contributed by atoms with van der Waals surface area (Å²) in [5.41, 5.74) is 9.42. The highest BCUT2D eigenvalue weighted by Crippen LogP contribution is 2.21. The van der Waals surface area contributed by atoms with Gasteiger partial charge in [-0.2, -0.15) is 5.10 Å². The molecule has 0 radical (unpaired) electrons. The van der Waals surface area contributed by atoms with Crippen LogP contribution in [0, 0.1) is 20.8 Å². The van der Waals surface area contributed by atoms with E-state index >= 15 is 0 Å². The van der Waals surface area contributed by atoms with Crippen LogP contribution in [0.2, 0.25) is 0 Å². The highest BCUT2D eigenvalue weighted by molar-refractivity contribution is 6.04. The zero-order valence-corrected chi connectivity index (χ0v) is 16.0. The van der Waals surface area contributed by atoms with E-state index in [4.69, 9.17) is 10.5 Å². The number of hydrogen-bond acceptors (Lipinski definition) is 4. The van der Waals surface area contributed by atoms with Gasteiger partial charge in [0.2, 0.25) is 0 Å². The van der Waals surface area contributed by atoms with Crippen LogP contribution in [-0.4, -0.2) is 28.2 Å². The molecule has 0 aliphatic rings. The number of nitrogens with one attached hydrogen (secondary N) is 1. The van der Waals surface area contributed by atoms with E-state index < -0.39 is 5.91 Å². The minimum Gasteiger partial charge on any atom is -0.484 e. The van der Waals surface area contributed by atoms with Gasteiger partial charge in [0.25, 0.3) is 11.8 Å². The maximum absolute atomic E-state index is 12.7. The Morgan fingerprint density at radius 1 is 1.04 bits per heavy atom. The van der Waals surface area contributed by atoms with Crippen LogP contribution in [0.4, 0.5) is 5.82 Å². The molecule has 7 heteroatoms. The number of primary amides is 1. The lowest BCUT2D eigenvalue weighted by Crippen LogP contribution is -2.20. The van der Waals surface area contributed by atoms with Crippen molar-refractivity contribution in [3.8, 4) is 11.4 Å². The maximum atomic E-state index is 12.7. The number of nitrogens with two attached hydrogens (primary N) is 1. The monoisotopic (exact) mass is 378 g/mol. The van der Waals surface area contributed by atoms with Crippen LogP contribution < -0.4 is 15.8 Å². The fourth-order valence-electron chi connectivity index (χ4n) is 2.90. The summed E-state index contributed by atoms with van der Waals surface area (Å²) in [6.07, 6.45) is 0. The summed E-state index contributed by atoms with van der Waals surface area (Å²) in [7, 11) is 0. The highest BCUT2D eigenvalue weighted by Gasteiger charge is 2.13. The van der Waals surface area contributed by atoms with Gasteiger partial charge in [-0.05, 0) is 68.3 Å². The molecule has 7 nitrogen and oxygen atoms in total. The first kappa shape index (κ1) is 19.2. The summed E-state index contributed by atoms with van der Waals surface area (Å²) in [4.78, 5) is 23.4. The SMILES string of the molecule is Cc1cc(C)cc(-n2nc(C)cc2NC(=O)c2ccc(OCC(N)=O)cc2)c1. The highest BCUT2D eigenvalue weighted by atomic mass is 16.5. The van der Waals surface area contributed by atoms with Gasteiger partial charge < -0.3 is 15.8 Å². The first-order valence-corrected chi connectivity index (χ1v) is 8.79. The average Bonchev–Trinajstić information content (AvgIpc) is 2.99. The smallest absolute Gasteiger partial charge is 0.256 e. The predicted molar refractivity (Wildman–Crippen MR) is 107 cm³/mol. The lowest BCUT2D eigenvalue weighted by molar-refractivity contribution is -0.119. The number of aromatic nitrogens is 2. The lowest BCUT2D eigenvalue weighted by atomic mass is 10.1. The molecular formula is C21H22N4O3. The van der Waals surface area contributed by atoms with E-state index in [0.717, 1.165) is 22.5 Å². The molecule has 0 atom stereocenters. The van der Waals surface area contributed by atoms with Crippen molar-refractivity contribution in [1.82, 2.24) is 9.78 Å². The number of amides is 2. The Hall–Kier alpha value is -3.61. The van der Waals surface area contributed by atoms with Crippen LogP contribution in [0.3, 0.4) is 0 Å². The molecule has 0 saturated heterocycles. The Balaban J connectivity index is 1.80. The van der Waals surface area contributed by atoms with Crippen LogP contribution in [0.1, 0.15) is 27.2 Å². The second-order valence-electron chi connectivity index (χ2n) is 6.66. The van der Waals surface area contributed by atoms with Gasteiger partial charge in [-0.1, -0.05) is 6.07 Å². The van der Waals surface area contributed by atoms with Crippen molar-refractivity contribution in [2.45, 2.75) is 20.8 Å². The van der Waals surface area contributed by atoms with E-state index in [1.807, 2.05) is 39.0 Å². The summed E-state index contributed by atoms with van der Waals surface area (Å²) in [6, 6.07) is 14.4. The van der Waals surface area contributed by atoms with Crippen molar-refractivity contribution in [1.29, 1.82) is 0 Å². The van der Waals surface area contributed by atoms with E-state index in [1.165, 1.54) is 0 Å². The molecule has 2 aromatic carbocycles. The fourth-order valence-corrected chi connectivity index (χ4v) is 2.90. The maximum Gasteiger partial charge on any atom is 0.256 e. The molecule has 0 saturated carbocycles. The van der Waals surface area contributed by atoms with Crippen molar-refractivity contribution >= 4 is 17.6 Å². The number of anilines is 1. The average molecular weight is 378 g/mol. The molecule has 3 N–H and O–H groups in total. The second-order valence-corrected chi connectivity index (χ2v) is 6.66. The van der Waals surface area contributed by atoms with Crippen LogP contribution >= 0.6 is 0 Å². The molecular weight excluding hydrogens is 356 g/mol. The van der Waals surface area contributed by atoms with Crippen LogP contribution in [0.25, 0.3) is 5.69 Å². The van der Waals surface area contributed by atoms with Crippen molar-refractivity contribution in [3.05, 3.63) is 70.9 Å². The molecule has 28 heavy (non-hydrogen) atoms. The first-order chi connectivity index (χ1) is 13.3. The quantitative estimate of drug-likeness (QED) is 0.689. The number of carbonyl (C=O) groups is 2. The number of benzene rings is 2. The number of hydrogen-bond donors (Lipinski definition) is 2. The van der Waals surface area contributed by atoms with Gasteiger partial charge in [-0.3, -0.25) is 9.59 Å². The normalized spacial score (nSPS) is 10.5. The van der Waals surface area contributed by atoms with Crippen molar-refractivity contribution in [2.75, 3.05) is 11.9 Å². The Labute approximate surface area is 163 Å². The molecule has 3 rings (SSSR count). The Bertz CT molecular complexity index is 1000. The summed E-state index contributed by atoms with van der Waals surface area (Å²) in [5.74, 6) is 0.219. The van der Waals surface area contributed by atoms with E-state index in [1.54, 1.807) is 28.9 Å². The molecule has 0 bridgehead atoms. The Kier molecular flexibility index (Phi) is 5.44. The van der Waals surface area contributed by atoms with Gasteiger partial charge in [-0.25, -0.2) is 4.68 Å². The van der Waals surface area contributed by atoms with Gasteiger partial charge >= 0.3 is 0 Å². The zero-order chi connectivity index (χ0) is 20.3. The zero-order valence-electron chi connectivity index (χ0n) is 16.0. The molecule has 1 heterocycles. The number of nitrogens with zero attached hydrogens (tertiary/aromatic N) is 2. The van der Waals surface area contributed by atoms with E-state index in [0.29, 0.717) is 17.1 Å².